The molecule has 0 aromatic carbocycles. The Hall–Kier alpha value is -1.40. The van der Waals surface area contributed by atoms with Gasteiger partial charge < -0.3 is 15.7 Å². The topological polar surface area (TPSA) is 78.4 Å². The fourth-order valence-corrected chi connectivity index (χ4v) is 2.92. The van der Waals surface area contributed by atoms with Crippen molar-refractivity contribution in [2.24, 2.45) is 0 Å². The Morgan fingerprint density at radius 2 is 2.00 bits per heavy atom. The minimum Gasteiger partial charge on any atom is -0.477 e. The van der Waals surface area contributed by atoms with Gasteiger partial charge in [0.25, 0.3) is 0 Å². The van der Waals surface area contributed by atoms with Gasteiger partial charge in [-0.3, -0.25) is 4.79 Å². The number of carbonyl (C=O) groups is 2. The largest absolute Gasteiger partial charge is 0.477 e. The van der Waals surface area contributed by atoms with Crippen LogP contribution in [-0.4, -0.2) is 29.6 Å². The molecule has 1 atom stereocenters. The van der Waals surface area contributed by atoms with E-state index in [0.29, 0.717) is 5.69 Å². The predicted molar refractivity (Wildman–Crippen MR) is 81.8 cm³/mol. The third kappa shape index (κ3) is 3.80. The van der Waals surface area contributed by atoms with E-state index in [2.05, 4.69) is 10.6 Å². The van der Waals surface area contributed by atoms with Crippen molar-refractivity contribution in [1.29, 1.82) is 0 Å². The normalized spacial score (nSPS) is 12.2. The quantitative estimate of drug-likeness (QED) is 0.723. The molecule has 0 fully saturated rings. The number of aromatic carboxylic acids is 1. The maximum absolute atomic E-state index is 12.1. The zero-order chi connectivity index (χ0) is 15.3. The summed E-state index contributed by atoms with van der Waals surface area (Å²) in [7, 11) is 0. The molecule has 0 radical (unpaired) electrons. The van der Waals surface area contributed by atoms with Crippen LogP contribution in [0.1, 0.15) is 47.3 Å². The molecule has 20 heavy (non-hydrogen) atoms. The van der Waals surface area contributed by atoms with Crippen LogP contribution in [0.25, 0.3) is 0 Å². The molecule has 0 aliphatic carbocycles. The van der Waals surface area contributed by atoms with Crippen LogP contribution in [0.5, 0.6) is 0 Å². The molecule has 1 aromatic heterocycles. The molecule has 0 aliphatic rings. The third-order valence-electron chi connectivity index (χ3n) is 3.10. The van der Waals surface area contributed by atoms with E-state index in [9.17, 15) is 14.7 Å². The van der Waals surface area contributed by atoms with Crippen molar-refractivity contribution < 1.29 is 14.7 Å². The number of hydrogen-bond donors (Lipinski definition) is 3. The standard InChI is InChI=1S/C14H22N2O3S/c1-5-7-15-9(4)13(17)16-11-8(3)10(6-2)20-12(11)14(18)19/h9,15H,5-7H2,1-4H3,(H,16,17)(H,18,19). The molecule has 0 spiro atoms. The Balaban J connectivity index is 2.93. The van der Waals surface area contributed by atoms with Gasteiger partial charge in [0.15, 0.2) is 0 Å². The van der Waals surface area contributed by atoms with Crippen LogP contribution in [-0.2, 0) is 11.2 Å². The smallest absolute Gasteiger partial charge is 0.348 e. The summed E-state index contributed by atoms with van der Waals surface area (Å²) in [5.74, 6) is -1.20. The lowest BCUT2D eigenvalue weighted by atomic mass is 10.2. The first kappa shape index (κ1) is 16.7. The highest BCUT2D eigenvalue weighted by molar-refractivity contribution is 7.14. The van der Waals surface area contributed by atoms with E-state index < -0.39 is 5.97 Å². The highest BCUT2D eigenvalue weighted by Crippen LogP contribution is 2.33. The van der Waals surface area contributed by atoms with Crippen molar-refractivity contribution in [3.63, 3.8) is 0 Å². The van der Waals surface area contributed by atoms with Gasteiger partial charge in [0, 0.05) is 4.88 Å². The molecular formula is C14H22N2O3S. The van der Waals surface area contributed by atoms with Crippen LogP contribution in [0.4, 0.5) is 5.69 Å². The lowest BCUT2D eigenvalue weighted by molar-refractivity contribution is -0.117. The van der Waals surface area contributed by atoms with Crippen LogP contribution in [0, 0.1) is 6.92 Å². The van der Waals surface area contributed by atoms with E-state index in [1.165, 1.54) is 11.3 Å². The molecule has 1 heterocycles. The highest BCUT2D eigenvalue weighted by Gasteiger charge is 2.22. The summed E-state index contributed by atoms with van der Waals surface area (Å²) in [6.45, 7) is 8.37. The van der Waals surface area contributed by atoms with Gasteiger partial charge in [-0.1, -0.05) is 13.8 Å². The first-order valence-electron chi connectivity index (χ1n) is 6.82. The van der Waals surface area contributed by atoms with Crippen LogP contribution in [0.2, 0.25) is 0 Å². The summed E-state index contributed by atoms with van der Waals surface area (Å²) in [4.78, 5) is 24.5. The zero-order valence-electron chi connectivity index (χ0n) is 12.4. The minimum atomic E-state index is -0.998. The van der Waals surface area contributed by atoms with Gasteiger partial charge in [0.2, 0.25) is 5.91 Å². The number of aryl methyl sites for hydroxylation is 1. The van der Waals surface area contributed by atoms with E-state index in [4.69, 9.17) is 0 Å². The number of thiophene rings is 1. The van der Waals surface area contributed by atoms with Crippen LogP contribution < -0.4 is 10.6 Å². The lowest BCUT2D eigenvalue weighted by Gasteiger charge is -2.14. The van der Waals surface area contributed by atoms with E-state index in [1.807, 2.05) is 20.8 Å². The predicted octanol–water partition coefficient (Wildman–Crippen LogP) is 2.64. The summed E-state index contributed by atoms with van der Waals surface area (Å²) >= 11 is 1.23. The molecule has 0 saturated carbocycles. The second-order valence-electron chi connectivity index (χ2n) is 4.68. The summed E-state index contributed by atoms with van der Waals surface area (Å²) < 4.78 is 0. The average molecular weight is 298 g/mol. The number of carboxylic acids is 1. The molecule has 1 unspecified atom stereocenters. The Labute approximate surface area is 123 Å². The average Bonchev–Trinajstić information content (AvgIpc) is 2.73. The fourth-order valence-electron chi connectivity index (χ4n) is 1.88. The number of carboxylic acid groups (broad SMARTS) is 1. The maximum Gasteiger partial charge on any atom is 0.348 e. The van der Waals surface area contributed by atoms with Crippen LogP contribution in [0.15, 0.2) is 0 Å². The molecule has 6 heteroatoms. The second kappa shape index (κ2) is 7.40. The van der Waals surface area contributed by atoms with E-state index in [-0.39, 0.29) is 16.8 Å². The van der Waals surface area contributed by atoms with E-state index in [1.54, 1.807) is 6.92 Å². The molecule has 0 saturated heterocycles. The number of nitrogens with one attached hydrogen (secondary N) is 2. The van der Waals surface area contributed by atoms with Gasteiger partial charge in [-0.05, 0) is 38.8 Å². The van der Waals surface area contributed by atoms with Gasteiger partial charge in [0.1, 0.15) is 4.88 Å². The number of hydrogen-bond acceptors (Lipinski definition) is 4. The molecule has 3 N–H and O–H groups in total. The summed E-state index contributed by atoms with van der Waals surface area (Å²) in [5.41, 5.74) is 1.29. The van der Waals surface area contributed by atoms with Crippen molar-refractivity contribution in [3.8, 4) is 0 Å². The van der Waals surface area contributed by atoms with Crippen molar-refractivity contribution in [1.82, 2.24) is 5.32 Å². The molecule has 0 aliphatic heterocycles. The SMILES string of the molecule is CCCNC(C)C(=O)Nc1c(C(=O)O)sc(CC)c1C. The van der Waals surface area contributed by atoms with Crippen molar-refractivity contribution in [2.45, 2.75) is 46.6 Å². The molecule has 5 nitrogen and oxygen atoms in total. The first-order valence-corrected chi connectivity index (χ1v) is 7.63. The zero-order valence-corrected chi connectivity index (χ0v) is 13.2. The number of rotatable bonds is 7. The van der Waals surface area contributed by atoms with Crippen molar-refractivity contribution >= 4 is 28.9 Å². The Kier molecular flexibility index (Phi) is 6.16. The number of carbonyl (C=O) groups excluding carboxylic acids is 1. The van der Waals surface area contributed by atoms with Crippen molar-refractivity contribution in [3.05, 3.63) is 15.3 Å². The van der Waals surface area contributed by atoms with Gasteiger partial charge >= 0.3 is 5.97 Å². The molecule has 1 rings (SSSR count). The van der Waals surface area contributed by atoms with Gasteiger partial charge in [0.05, 0.1) is 11.7 Å². The number of amides is 1. The van der Waals surface area contributed by atoms with Crippen molar-refractivity contribution in [2.75, 3.05) is 11.9 Å². The Bertz CT molecular complexity index is 497. The summed E-state index contributed by atoms with van der Waals surface area (Å²) in [5, 5.41) is 15.1. The monoisotopic (exact) mass is 298 g/mol. The van der Waals surface area contributed by atoms with Gasteiger partial charge in [-0.2, -0.15) is 0 Å². The van der Waals surface area contributed by atoms with E-state index >= 15 is 0 Å². The third-order valence-corrected chi connectivity index (χ3v) is 4.53. The molecule has 1 aromatic rings. The molecule has 0 bridgehead atoms. The Morgan fingerprint density at radius 1 is 1.35 bits per heavy atom. The number of anilines is 1. The first-order chi connectivity index (χ1) is 9.42. The summed E-state index contributed by atoms with van der Waals surface area (Å²) in [6, 6.07) is -0.346. The van der Waals surface area contributed by atoms with Gasteiger partial charge in [-0.25, -0.2) is 4.79 Å². The molecule has 1 amide bonds. The second-order valence-corrected chi connectivity index (χ2v) is 5.78. The fraction of sp³-hybridized carbons (Fsp3) is 0.571. The Morgan fingerprint density at radius 3 is 2.50 bits per heavy atom. The molecular weight excluding hydrogens is 276 g/mol. The molecule has 112 valence electrons. The maximum atomic E-state index is 12.1. The van der Waals surface area contributed by atoms with Crippen LogP contribution in [0.3, 0.4) is 0 Å². The lowest BCUT2D eigenvalue weighted by Crippen LogP contribution is -2.38. The minimum absolute atomic E-state index is 0.204. The van der Waals surface area contributed by atoms with Gasteiger partial charge in [-0.15, -0.1) is 11.3 Å². The van der Waals surface area contributed by atoms with Crippen LogP contribution >= 0.6 is 11.3 Å². The summed E-state index contributed by atoms with van der Waals surface area (Å²) in [6.07, 6.45) is 1.70. The van der Waals surface area contributed by atoms with E-state index in [0.717, 1.165) is 29.8 Å². The highest BCUT2D eigenvalue weighted by atomic mass is 32.1.